The molecule has 1 atom stereocenters. The summed E-state index contributed by atoms with van der Waals surface area (Å²) in [6.45, 7) is 1.50. The van der Waals surface area contributed by atoms with Crippen LogP contribution in [0.25, 0.3) is 16.6 Å². The number of aromatic amines is 1. The topological polar surface area (TPSA) is 84.8 Å². The van der Waals surface area contributed by atoms with Crippen molar-refractivity contribution < 1.29 is 13.9 Å². The molecule has 1 amide bonds. The summed E-state index contributed by atoms with van der Waals surface area (Å²) in [5, 5.41) is 13.7. The Hall–Kier alpha value is -4.11. The second kappa shape index (κ2) is 12.2. The van der Waals surface area contributed by atoms with E-state index < -0.39 is 12.7 Å². The zero-order valence-electron chi connectivity index (χ0n) is 21.9. The summed E-state index contributed by atoms with van der Waals surface area (Å²) in [4.78, 5) is 16.9. The van der Waals surface area contributed by atoms with E-state index in [2.05, 4.69) is 20.5 Å². The Morgan fingerprint density at radius 2 is 1.79 bits per heavy atom. The van der Waals surface area contributed by atoms with Crippen LogP contribution in [0, 0.1) is 6.92 Å². The maximum absolute atomic E-state index is 13.5. The van der Waals surface area contributed by atoms with Crippen LogP contribution >= 0.6 is 11.8 Å². The molecule has 7 nitrogen and oxygen atoms in total. The quantitative estimate of drug-likeness (QED) is 0.207. The third-order valence-corrected chi connectivity index (χ3v) is 7.47. The van der Waals surface area contributed by atoms with Crippen LogP contribution in [0.2, 0.25) is 0 Å². The third-order valence-electron chi connectivity index (χ3n) is 6.59. The van der Waals surface area contributed by atoms with Crippen LogP contribution in [-0.2, 0) is 17.6 Å². The molecule has 0 saturated carbocycles. The average molecular weight is 544 g/mol. The van der Waals surface area contributed by atoms with E-state index in [4.69, 9.17) is 4.74 Å². The minimum Gasteiger partial charge on any atom is -0.497 e. The van der Waals surface area contributed by atoms with Gasteiger partial charge < -0.3 is 15.0 Å². The number of carbonyl (C=O) groups excluding carboxylic acids is 1. The standard InChI is InChI=1S/C30H30FN5O2S/c1-20-25(24-10-6-7-11-26(24)32-20)19-28(37)33-27(18-21-8-4-3-5-9-21)29-34-35-30(39-17-16-31)36(29)22-12-14-23(38-2)15-13-22/h3-15,27,32H,16-19H2,1-2H3,(H,33,37)/t27-/m0/s1. The lowest BCUT2D eigenvalue weighted by Crippen LogP contribution is -2.33. The second-order valence-electron chi connectivity index (χ2n) is 9.17. The number of fused-ring (bicyclic) bond motifs is 1. The number of thioether (sulfide) groups is 1. The number of para-hydroxylation sites is 1. The number of H-pyrrole nitrogens is 1. The highest BCUT2D eigenvalue weighted by Gasteiger charge is 2.25. The number of alkyl halides is 1. The first-order chi connectivity index (χ1) is 19.1. The van der Waals surface area contributed by atoms with Crippen LogP contribution < -0.4 is 10.1 Å². The number of carbonyl (C=O) groups is 1. The highest BCUT2D eigenvalue weighted by molar-refractivity contribution is 7.99. The first-order valence-electron chi connectivity index (χ1n) is 12.8. The van der Waals surface area contributed by atoms with Crippen molar-refractivity contribution in [3.63, 3.8) is 0 Å². The predicted octanol–water partition coefficient (Wildman–Crippen LogP) is 5.77. The number of methoxy groups -OCH3 is 1. The average Bonchev–Trinajstić information content (AvgIpc) is 3.52. The number of rotatable bonds is 11. The molecule has 2 aromatic heterocycles. The molecule has 0 aliphatic rings. The molecule has 0 aliphatic carbocycles. The Bertz CT molecular complexity index is 1550. The van der Waals surface area contributed by atoms with Gasteiger partial charge in [0, 0.05) is 28.0 Å². The van der Waals surface area contributed by atoms with Gasteiger partial charge in [-0.1, -0.05) is 60.3 Å². The van der Waals surface area contributed by atoms with E-state index in [1.165, 1.54) is 11.8 Å². The van der Waals surface area contributed by atoms with Crippen LogP contribution in [0.4, 0.5) is 4.39 Å². The second-order valence-corrected chi connectivity index (χ2v) is 10.2. The minimum atomic E-state index is -0.483. The molecule has 5 rings (SSSR count). The summed E-state index contributed by atoms with van der Waals surface area (Å²) in [7, 11) is 1.61. The van der Waals surface area contributed by atoms with E-state index in [-0.39, 0.29) is 18.1 Å². The Morgan fingerprint density at radius 3 is 2.54 bits per heavy atom. The Labute approximate surface area is 230 Å². The van der Waals surface area contributed by atoms with Crippen molar-refractivity contribution in [1.29, 1.82) is 0 Å². The van der Waals surface area contributed by atoms with Gasteiger partial charge >= 0.3 is 0 Å². The molecule has 0 bridgehead atoms. The van der Waals surface area contributed by atoms with Crippen molar-refractivity contribution in [3.8, 4) is 11.4 Å². The molecule has 5 aromatic rings. The molecule has 0 spiro atoms. The van der Waals surface area contributed by atoms with Crippen LogP contribution in [0.3, 0.4) is 0 Å². The number of benzene rings is 3. The zero-order chi connectivity index (χ0) is 27.2. The highest BCUT2D eigenvalue weighted by Crippen LogP contribution is 2.29. The molecule has 0 aliphatic heterocycles. The summed E-state index contributed by atoms with van der Waals surface area (Å²) in [5.74, 6) is 1.43. The predicted molar refractivity (Wildman–Crippen MR) is 152 cm³/mol. The molecule has 0 unspecified atom stereocenters. The van der Waals surface area contributed by atoms with Crippen LogP contribution in [0.1, 0.15) is 28.7 Å². The number of halogens is 1. The Kier molecular flexibility index (Phi) is 8.27. The lowest BCUT2D eigenvalue weighted by atomic mass is 10.0. The normalized spacial score (nSPS) is 12.0. The Morgan fingerprint density at radius 1 is 1.05 bits per heavy atom. The third kappa shape index (κ3) is 5.98. The van der Waals surface area contributed by atoms with Crippen LogP contribution in [0.5, 0.6) is 5.75 Å². The van der Waals surface area contributed by atoms with Gasteiger partial charge in [0.15, 0.2) is 11.0 Å². The van der Waals surface area contributed by atoms with E-state index >= 15 is 0 Å². The fraction of sp³-hybridized carbons (Fsp3) is 0.233. The summed E-state index contributed by atoms with van der Waals surface area (Å²) in [6, 6.07) is 25.0. The van der Waals surface area contributed by atoms with Gasteiger partial charge in [-0.15, -0.1) is 10.2 Å². The molecule has 0 radical (unpaired) electrons. The van der Waals surface area contributed by atoms with E-state index in [1.54, 1.807) is 7.11 Å². The largest absolute Gasteiger partial charge is 0.497 e. The highest BCUT2D eigenvalue weighted by atomic mass is 32.2. The van der Waals surface area contributed by atoms with Gasteiger partial charge in [0.25, 0.3) is 0 Å². The van der Waals surface area contributed by atoms with Crippen molar-refractivity contribution in [3.05, 3.63) is 102 Å². The smallest absolute Gasteiger partial charge is 0.225 e. The van der Waals surface area contributed by atoms with Crippen LogP contribution in [0.15, 0.2) is 84.0 Å². The first-order valence-corrected chi connectivity index (χ1v) is 13.7. The van der Waals surface area contributed by atoms with E-state index in [1.807, 2.05) is 90.4 Å². The number of aryl methyl sites for hydroxylation is 1. The maximum atomic E-state index is 13.5. The van der Waals surface area contributed by atoms with Gasteiger partial charge in [-0.05, 0) is 54.8 Å². The fourth-order valence-corrected chi connectivity index (χ4v) is 5.42. The van der Waals surface area contributed by atoms with E-state index in [0.29, 0.717) is 17.4 Å². The van der Waals surface area contributed by atoms with Gasteiger partial charge in [-0.3, -0.25) is 13.8 Å². The molecule has 39 heavy (non-hydrogen) atoms. The number of ether oxygens (including phenoxy) is 1. The summed E-state index contributed by atoms with van der Waals surface area (Å²) in [5.41, 5.74) is 4.80. The van der Waals surface area contributed by atoms with Gasteiger partial charge in [0.05, 0.1) is 26.2 Å². The molecular weight excluding hydrogens is 513 g/mol. The van der Waals surface area contributed by atoms with E-state index in [0.717, 1.165) is 39.2 Å². The van der Waals surface area contributed by atoms with Crippen molar-refractivity contribution >= 4 is 28.6 Å². The summed E-state index contributed by atoms with van der Waals surface area (Å²) < 4.78 is 20.3. The molecule has 2 N–H and O–H groups in total. The van der Waals surface area contributed by atoms with Crippen molar-refractivity contribution in [2.75, 3.05) is 19.5 Å². The van der Waals surface area contributed by atoms with Gasteiger partial charge in [-0.25, -0.2) is 0 Å². The molecule has 0 saturated heterocycles. The van der Waals surface area contributed by atoms with Crippen LogP contribution in [-0.4, -0.2) is 45.2 Å². The van der Waals surface area contributed by atoms with Gasteiger partial charge in [0.1, 0.15) is 5.75 Å². The first kappa shape index (κ1) is 26.5. The lowest BCUT2D eigenvalue weighted by Gasteiger charge is -2.20. The maximum Gasteiger partial charge on any atom is 0.225 e. The number of aromatic nitrogens is 4. The van der Waals surface area contributed by atoms with Crippen molar-refractivity contribution in [1.82, 2.24) is 25.1 Å². The van der Waals surface area contributed by atoms with Gasteiger partial charge in [-0.2, -0.15) is 0 Å². The monoisotopic (exact) mass is 543 g/mol. The Balaban J connectivity index is 1.51. The summed E-state index contributed by atoms with van der Waals surface area (Å²) >= 11 is 1.29. The SMILES string of the molecule is COc1ccc(-n2c(SCCF)nnc2[C@H](Cc2ccccc2)NC(=O)Cc2c(C)[nH]c3ccccc23)cc1. The fourth-order valence-electron chi connectivity index (χ4n) is 4.73. The molecular formula is C30H30FN5O2S. The number of nitrogens with zero attached hydrogens (tertiary/aromatic N) is 3. The number of nitrogens with one attached hydrogen (secondary N) is 2. The molecule has 2 heterocycles. The van der Waals surface area contributed by atoms with Crippen molar-refractivity contribution in [2.45, 2.75) is 31.0 Å². The lowest BCUT2D eigenvalue weighted by molar-refractivity contribution is -0.121. The van der Waals surface area contributed by atoms with Gasteiger partial charge in [0.2, 0.25) is 5.91 Å². The zero-order valence-corrected chi connectivity index (χ0v) is 22.7. The molecule has 200 valence electrons. The molecule has 0 fully saturated rings. The molecule has 3 aromatic carbocycles. The number of hydrogen-bond donors (Lipinski definition) is 2. The molecule has 9 heteroatoms. The van der Waals surface area contributed by atoms with Crippen molar-refractivity contribution in [2.24, 2.45) is 0 Å². The van der Waals surface area contributed by atoms with E-state index in [9.17, 15) is 9.18 Å². The number of amides is 1. The minimum absolute atomic E-state index is 0.119. The summed E-state index contributed by atoms with van der Waals surface area (Å²) in [6.07, 6.45) is 0.739. The number of hydrogen-bond acceptors (Lipinski definition) is 5.